The molecule has 1 aromatic rings. The summed E-state index contributed by atoms with van der Waals surface area (Å²) in [6, 6.07) is 5.36. The molecule has 1 N–H and O–H groups in total. The van der Waals surface area contributed by atoms with E-state index < -0.39 is 10.0 Å². The third-order valence-corrected chi connectivity index (χ3v) is 4.26. The second-order valence-corrected chi connectivity index (χ2v) is 6.79. The van der Waals surface area contributed by atoms with Crippen LogP contribution in [0.25, 0.3) is 0 Å². The summed E-state index contributed by atoms with van der Waals surface area (Å²) in [4.78, 5) is 11.9. The average molecular weight is 326 g/mol. The number of nitrogens with one attached hydrogen (secondary N) is 1. The first-order valence-corrected chi connectivity index (χ1v) is 8.46. The zero-order valence-electron chi connectivity index (χ0n) is 12.2. The Morgan fingerprint density at radius 1 is 1.41 bits per heavy atom. The van der Waals surface area contributed by atoms with Crippen LogP contribution in [0.2, 0.25) is 0 Å². The number of sulfonamides is 1. The second kappa shape index (κ2) is 6.80. The Morgan fingerprint density at radius 2 is 2.14 bits per heavy atom. The van der Waals surface area contributed by atoms with E-state index >= 15 is 0 Å². The van der Waals surface area contributed by atoms with Gasteiger partial charge in [0, 0.05) is 13.1 Å². The molecule has 0 aliphatic carbocycles. The number of carbonyl (C=O) groups excluding carboxylic acids is 1. The second-order valence-electron chi connectivity index (χ2n) is 4.81. The number of fused-ring (bicyclic) bond motifs is 1. The van der Waals surface area contributed by atoms with Gasteiger partial charge in [-0.2, -0.15) is 4.31 Å². The van der Waals surface area contributed by atoms with Crippen molar-refractivity contribution in [3.63, 3.8) is 0 Å². The van der Waals surface area contributed by atoms with Gasteiger partial charge in [0.05, 0.1) is 12.8 Å². The molecule has 0 saturated carbocycles. The average Bonchev–Trinajstić information content (AvgIpc) is 2.91. The smallest absolute Gasteiger partial charge is 0.235 e. The van der Waals surface area contributed by atoms with Crippen LogP contribution in [0, 0.1) is 0 Å². The van der Waals surface area contributed by atoms with E-state index in [1.54, 1.807) is 12.1 Å². The summed E-state index contributed by atoms with van der Waals surface area (Å²) in [7, 11) is -3.45. The van der Waals surface area contributed by atoms with Gasteiger partial charge in [0.25, 0.3) is 0 Å². The summed E-state index contributed by atoms with van der Waals surface area (Å²) < 4.78 is 34.6. The lowest BCUT2D eigenvalue weighted by molar-refractivity contribution is -0.121. The molecule has 1 aliphatic rings. The fraction of sp³-hybridized carbons (Fsp3) is 0.357. The highest BCUT2D eigenvalue weighted by molar-refractivity contribution is 7.88. The molecular formula is C14H18N2O5S. The van der Waals surface area contributed by atoms with Crippen LogP contribution in [0.5, 0.6) is 11.5 Å². The Morgan fingerprint density at radius 3 is 2.82 bits per heavy atom. The Kier molecular flexibility index (Phi) is 5.04. The fourth-order valence-electron chi connectivity index (χ4n) is 1.93. The Labute approximate surface area is 129 Å². The first-order valence-electron chi connectivity index (χ1n) is 6.61. The highest BCUT2D eigenvalue weighted by Gasteiger charge is 2.19. The maximum atomic E-state index is 11.9. The van der Waals surface area contributed by atoms with Crippen molar-refractivity contribution >= 4 is 15.9 Å². The molecule has 7 nitrogen and oxygen atoms in total. The molecule has 2 rings (SSSR count). The third kappa shape index (κ3) is 4.22. The van der Waals surface area contributed by atoms with Crippen molar-refractivity contribution in [2.45, 2.75) is 6.54 Å². The number of ether oxygens (including phenoxy) is 2. The molecule has 0 atom stereocenters. The van der Waals surface area contributed by atoms with Crippen LogP contribution in [0.3, 0.4) is 0 Å². The lowest BCUT2D eigenvalue weighted by Gasteiger charge is -2.17. The number of rotatable bonds is 7. The highest BCUT2D eigenvalue weighted by atomic mass is 32.2. The van der Waals surface area contributed by atoms with Crippen molar-refractivity contribution in [2.75, 3.05) is 26.1 Å². The van der Waals surface area contributed by atoms with Crippen molar-refractivity contribution in [1.29, 1.82) is 0 Å². The monoisotopic (exact) mass is 326 g/mol. The van der Waals surface area contributed by atoms with Crippen molar-refractivity contribution in [2.24, 2.45) is 0 Å². The van der Waals surface area contributed by atoms with E-state index in [-0.39, 0.29) is 32.3 Å². The van der Waals surface area contributed by atoms with Crippen LogP contribution < -0.4 is 14.8 Å². The number of hydrogen-bond acceptors (Lipinski definition) is 5. The molecule has 0 saturated heterocycles. The highest BCUT2D eigenvalue weighted by Crippen LogP contribution is 2.32. The van der Waals surface area contributed by atoms with Crippen molar-refractivity contribution in [1.82, 2.24) is 9.62 Å². The lowest BCUT2D eigenvalue weighted by Crippen LogP contribution is -2.40. The SMILES string of the molecule is C=CCN(CC(=O)NCc1ccc2c(c1)OCO2)S(C)(=O)=O. The Hall–Kier alpha value is -2.06. The van der Waals surface area contributed by atoms with Gasteiger partial charge in [-0.3, -0.25) is 4.79 Å². The zero-order valence-corrected chi connectivity index (χ0v) is 13.1. The van der Waals surface area contributed by atoms with Crippen LogP contribution in [0.1, 0.15) is 5.56 Å². The molecule has 120 valence electrons. The minimum atomic E-state index is -3.45. The number of nitrogens with zero attached hydrogens (tertiary/aromatic N) is 1. The molecule has 1 heterocycles. The summed E-state index contributed by atoms with van der Waals surface area (Å²) in [6.07, 6.45) is 2.49. The van der Waals surface area contributed by atoms with E-state index in [2.05, 4.69) is 11.9 Å². The summed E-state index contributed by atoms with van der Waals surface area (Å²) in [5.74, 6) is 0.922. The summed E-state index contributed by atoms with van der Waals surface area (Å²) >= 11 is 0. The first kappa shape index (κ1) is 16.3. The summed E-state index contributed by atoms with van der Waals surface area (Å²) in [6.45, 7) is 3.81. The predicted molar refractivity (Wildman–Crippen MR) is 81.0 cm³/mol. The molecule has 1 aromatic carbocycles. The van der Waals surface area contributed by atoms with Crippen LogP contribution >= 0.6 is 0 Å². The molecule has 0 bridgehead atoms. The van der Waals surface area contributed by atoms with Crippen molar-refractivity contribution in [3.8, 4) is 11.5 Å². The van der Waals surface area contributed by atoms with Gasteiger partial charge in [-0.05, 0) is 17.7 Å². The van der Waals surface area contributed by atoms with Gasteiger partial charge in [-0.15, -0.1) is 6.58 Å². The molecule has 1 amide bonds. The molecule has 0 fully saturated rings. The number of carbonyl (C=O) groups is 1. The Balaban J connectivity index is 1.91. The molecule has 0 radical (unpaired) electrons. The van der Waals surface area contributed by atoms with Gasteiger partial charge < -0.3 is 14.8 Å². The minimum absolute atomic E-state index is 0.0935. The van der Waals surface area contributed by atoms with E-state index in [0.29, 0.717) is 11.5 Å². The molecule has 0 spiro atoms. The standard InChI is InChI=1S/C14H18N2O5S/c1-3-6-16(22(2,18)19)9-14(17)15-8-11-4-5-12-13(7-11)21-10-20-12/h3-5,7H,1,6,8-10H2,2H3,(H,15,17). The van der Waals surface area contributed by atoms with Crippen LogP contribution in [0.4, 0.5) is 0 Å². The van der Waals surface area contributed by atoms with E-state index in [9.17, 15) is 13.2 Å². The van der Waals surface area contributed by atoms with Crippen LogP contribution in [0.15, 0.2) is 30.9 Å². The number of benzene rings is 1. The van der Waals surface area contributed by atoms with Crippen molar-refractivity contribution < 1.29 is 22.7 Å². The Bertz CT molecular complexity index is 672. The van der Waals surface area contributed by atoms with Gasteiger partial charge in [0.15, 0.2) is 11.5 Å². The summed E-state index contributed by atoms with van der Waals surface area (Å²) in [5, 5.41) is 2.68. The van der Waals surface area contributed by atoms with E-state index in [4.69, 9.17) is 9.47 Å². The topological polar surface area (TPSA) is 84.9 Å². The first-order chi connectivity index (χ1) is 10.4. The van der Waals surface area contributed by atoms with Gasteiger partial charge >= 0.3 is 0 Å². The van der Waals surface area contributed by atoms with Gasteiger partial charge in [0.1, 0.15) is 0 Å². The van der Waals surface area contributed by atoms with Crippen LogP contribution in [-0.4, -0.2) is 44.8 Å². The number of hydrogen-bond donors (Lipinski definition) is 1. The molecular weight excluding hydrogens is 308 g/mol. The number of amides is 1. The van der Waals surface area contributed by atoms with E-state index in [1.807, 2.05) is 6.07 Å². The molecule has 22 heavy (non-hydrogen) atoms. The van der Waals surface area contributed by atoms with Gasteiger partial charge in [-0.25, -0.2) is 8.42 Å². The maximum Gasteiger partial charge on any atom is 0.235 e. The fourth-order valence-corrected chi connectivity index (χ4v) is 2.66. The van der Waals surface area contributed by atoms with Gasteiger partial charge in [-0.1, -0.05) is 12.1 Å². The largest absolute Gasteiger partial charge is 0.454 e. The van der Waals surface area contributed by atoms with E-state index in [0.717, 1.165) is 16.1 Å². The minimum Gasteiger partial charge on any atom is -0.454 e. The third-order valence-electron chi connectivity index (χ3n) is 3.05. The van der Waals surface area contributed by atoms with E-state index in [1.165, 1.54) is 6.08 Å². The molecule has 0 unspecified atom stereocenters. The quantitative estimate of drug-likeness (QED) is 0.737. The predicted octanol–water partition coefficient (Wildman–Crippen LogP) is 0.479. The normalized spacial score (nSPS) is 13.2. The van der Waals surface area contributed by atoms with Crippen molar-refractivity contribution in [3.05, 3.63) is 36.4 Å². The van der Waals surface area contributed by atoms with Crippen LogP contribution in [-0.2, 0) is 21.4 Å². The maximum absolute atomic E-state index is 11.9. The molecule has 0 aromatic heterocycles. The lowest BCUT2D eigenvalue weighted by atomic mass is 10.2. The molecule has 8 heteroatoms. The van der Waals surface area contributed by atoms with Gasteiger partial charge in [0.2, 0.25) is 22.7 Å². The molecule has 1 aliphatic heterocycles. The summed E-state index contributed by atoms with van der Waals surface area (Å²) in [5.41, 5.74) is 0.840. The zero-order chi connectivity index (χ0) is 16.2.